The van der Waals surface area contributed by atoms with Gasteiger partial charge < -0.3 is 5.32 Å². The van der Waals surface area contributed by atoms with E-state index in [9.17, 15) is 9.59 Å². The van der Waals surface area contributed by atoms with Gasteiger partial charge in [0.25, 0.3) is 0 Å². The van der Waals surface area contributed by atoms with Gasteiger partial charge in [-0.2, -0.15) is 0 Å². The summed E-state index contributed by atoms with van der Waals surface area (Å²) in [6, 6.07) is 9.53. The van der Waals surface area contributed by atoms with Crippen molar-refractivity contribution in [2.45, 2.75) is 25.8 Å². The zero-order valence-corrected chi connectivity index (χ0v) is 8.91. The molecule has 0 spiro atoms. The molecule has 0 aliphatic heterocycles. The maximum absolute atomic E-state index is 10.9. The molecule has 79 valence electrons. The second-order valence-corrected chi connectivity index (χ2v) is 3.78. The predicted octanol–water partition coefficient (Wildman–Crippen LogP) is 1.23. The van der Waals surface area contributed by atoms with E-state index >= 15 is 0 Å². The number of nitrogens with one attached hydrogen (secondary N) is 1. The van der Waals surface area contributed by atoms with Crippen LogP contribution in [0.3, 0.4) is 0 Å². The summed E-state index contributed by atoms with van der Waals surface area (Å²) in [4.78, 5) is 21.7. The molecule has 1 amide bonds. The van der Waals surface area contributed by atoms with Crippen molar-refractivity contribution in [3.63, 3.8) is 0 Å². The van der Waals surface area contributed by atoms with Crippen molar-refractivity contribution in [2.24, 2.45) is 0 Å². The van der Waals surface area contributed by atoms with E-state index in [1.165, 1.54) is 6.92 Å². The maximum Gasteiger partial charge on any atom is 0.226 e. The molecule has 0 aliphatic rings. The summed E-state index contributed by atoms with van der Waals surface area (Å²) >= 11 is 0. The molecule has 0 aromatic heterocycles. The van der Waals surface area contributed by atoms with Gasteiger partial charge in [-0.1, -0.05) is 30.3 Å². The van der Waals surface area contributed by atoms with Gasteiger partial charge in [-0.05, 0) is 12.5 Å². The quantitative estimate of drug-likeness (QED) is 0.801. The molecule has 0 saturated carbocycles. The SMILES string of the molecule is CC(=O)N[C@@](C)([C]=O)Cc1ccccc1. The Bertz CT molecular complexity index is 348. The van der Waals surface area contributed by atoms with E-state index < -0.39 is 5.54 Å². The standard InChI is InChI=1S/C12H14NO2/c1-10(15)13-12(2,9-14)8-11-6-4-3-5-7-11/h3-7H,8H2,1-2H3,(H,13,15)/t12-/m1/s1. The normalized spacial score (nSPS) is 14.0. The Hall–Kier alpha value is -1.64. The third-order valence-corrected chi connectivity index (χ3v) is 2.08. The molecular formula is C12H14NO2. The summed E-state index contributed by atoms with van der Waals surface area (Å²) in [5, 5.41) is 2.59. The van der Waals surface area contributed by atoms with Gasteiger partial charge in [0.05, 0.1) is 0 Å². The predicted molar refractivity (Wildman–Crippen MR) is 58.1 cm³/mol. The van der Waals surface area contributed by atoms with Crippen LogP contribution in [0, 0.1) is 0 Å². The van der Waals surface area contributed by atoms with Crippen molar-refractivity contribution in [2.75, 3.05) is 0 Å². The average Bonchev–Trinajstić information content (AvgIpc) is 2.18. The molecule has 0 unspecified atom stereocenters. The Morgan fingerprint density at radius 1 is 1.40 bits per heavy atom. The summed E-state index contributed by atoms with van der Waals surface area (Å²) in [7, 11) is 0. The molecule has 0 aliphatic carbocycles. The highest BCUT2D eigenvalue weighted by atomic mass is 16.2. The summed E-state index contributed by atoms with van der Waals surface area (Å²) < 4.78 is 0. The lowest BCUT2D eigenvalue weighted by molar-refractivity contribution is -0.120. The van der Waals surface area contributed by atoms with Crippen LogP contribution in [0.1, 0.15) is 19.4 Å². The molecule has 0 fully saturated rings. The Labute approximate surface area is 89.5 Å². The van der Waals surface area contributed by atoms with Crippen LogP contribution in [0.15, 0.2) is 30.3 Å². The molecule has 1 rings (SSSR count). The van der Waals surface area contributed by atoms with Crippen molar-refractivity contribution in [3.8, 4) is 0 Å². The van der Waals surface area contributed by atoms with Gasteiger partial charge in [0, 0.05) is 13.3 Å². The molecule has 3 nitrogen and oxygen atoms in total. The van der Waals surface area contributed by atoms with Crippen LogP contribution in [0.2, 0.25) is 0 Å². The summed E-state index contributed by atoms with van der Waals surface area (Å²) in [5.74, 6) is -0.225. The lowest BCUT2D eigenvalue weighted by atomic mass is 9.94. The summed E-state index contributed by atoms with van der Waals surface area (Å²) in [6.07, 6.45) is 2.33. The molecule has 1 radical (unpaired) electrons. The minimum absolute atomic E-state index is 0.225. The Morgan fingerprint density at radius 2 is 2.00 bits per heavy atom. The highest BCUT2D eigenvalue weighted by Gasteiger charge is 2.25. The summed E-state index contributed by atoms with van der Waals surface area (Å²) in [6.45, 7) is 3.05. The van der Waals surface area contributed by atoms with Crippen molar-refractivity contribution < 1.29 is 9.59 Å². The van der Waals surface area contributed by atoms with E-state index in [0.29, 0.717) is 6.42 Å². The second kappa shape index (κ2) is 4.73. The Balaban J connectivity index is 2.76. The van der Waals surface area contributed by atoms with Crippen LogP contribution in [0.4, 0.5) is 0 Å². The van der Waals surface area contributed by atoms with Crippen molar-refractivity contribution in [3.05, 3.63) is 35.9 Å². The fraction of sp³-hybridized carbons (Fsp3) is 0.333. The number of hydrogen-bond acceptors (Lipinski definition) is 2. The topological polar surface area (TPSA) is 46.2 Å². The smallest absolute Gasteiger partial charge is 0.226 e. The largest absolute Gasteiger partial charge is 0.343 e. The average molecular weight is 204 g/mol. The highest BCUT2D eigenvalue weighted by molar-refractivity contribution is 5.79. The van der Waals surface area contributed by atoms with E-state index in [1.807, 2.05) is 36.6 Å². The van der Waals surface area contributed by atoms with Gasteiger partial charge in [0.2, 0.25) is 12.2 Å². The summed E-state index contributed by atoms with van der Waals surface area (Å²) in [5.41, 5.74) is 0.0600. The zero-order chi connectivity index (χ0) is 11.3. The van der Waals surface area contributed by atoms with Gasteiger partial charge in [-0.15, -0.1) is 0 Å². The van der Waals surface area contributed by atoms with Gasteiger partial charge >= 0.3 is 0 Å². The minimum atomic E-state index is -0.937. The number of amides is 1. The Kier molecular flexibility index (Phi) is 3.61. The molecule has 0 bridgehead atoms. The van der Waals surface area contributed by atoms with Crippen LogP contribution in [-0.2, 0) is 16.0 Å². The van der Waals surface area contributed by atoms with Crippen molar-refractivity contribution >= 4 is 12.2 Å². The van der Waals surface area contributed by atoms with E-state index in [2.05, 4.69) is 5.32 Å². The van der Waals surface area contributed by atoms with Gasteiger partial charge in [0.1, 0.15) is 5.54 Å². The first kappa shape index (κ1) is 11.4. The molecule has 1 atom stereocenters. The van der Waals surface area contributed by atoms with Crippen LogP contribution >= 0.6 is 0 Å². The molecule has 15 heavy (non-hydrogen) atoms. The molecule has 0 heterocycles. The van der Waals surface area contributed by atoms with Crippen molar-refractivity contribution in [1.82, 2.24) is 5.32 Å². The van der Waals surface area contributed by atoms with Crippen LogP contribution in [0.25, 0.3) is 0 Å². The fourth-order valence-corrected chi connectivity index (χ4v) is 1.50. The van der Waals surface area contributed by atoms with E-state index in [4.69, 9.17) is 0 Å². The first-order chi connectivity index (χ1) is 7.06. The number of benzene rings is 1. The van der Waals surface area contributed by atoms with E-state index in [1.54, 1.807) is 6.92 Å². The lowest BCUT2D eigenvalue weighted by Gasteiger charge is -2.22. The van der Waals surface area contributed by atoms with E-state index in [0.717, 1.165) is 5.56 Å². The zero-order valence-electron chi connectivity index (χ0n) is 8.91. The van der Waals surface area contributed by atoms with Crippen LogP contribution in [0.5, 0.6) is 0 Å². The first-order valence-electron chi connectivity index (χ1n) is 4.78. The number of hydrogen-bond donors (Lipinski definition) is 1. The lowest BCUT2D eigenvalue weighted by Crippen LogP contribution is -2.48. The van der Waals surface area contributed by atoms with Gasteiger partial charge in [0.15, 0.2) is 0 Å². The number of carbonyl (C=O) groups is 1. The van der Waals surface area contributed by atoms with Crippen molar-refractivity contribution in [1.29, 1.82) is 0 Å². The molecule has 0 saturated heterocycles. The molecular weight excluding hydrogens is 190 g/mol. The molecule has 1 N–H and O–H groups in total. The van der Waals surface area contributed by atoms with Gasteiger partial charge in [-0.3, -0.25) is 9.59 Å². The minimum Gasteiger partial charge on any atom is -0.343 e. The molecule has 3 heteroatoms. The fourth-order valence-electron chi connectivity index (χ4n) is 1.50. The number of rotatable bonds is 4. The highest BCUT2D eigenvalue weighted by Crippen LogP contribution is 2.10. The molecule has 1 aromatic carbocycles. The van der Waals surface area contributed by atoms with Crippen LogP contribution < -0.4 is 5.32 Å². The second-order valence-electron chi connectivity index (χ2n) is 3.78. The molecule has 1 aromatic rings. The maximum atomic E-state index is 10.9. The first-order valence-corrected chi connectivity index (χ1v) is 4.78. The Morgan fingerprint density at radius 3 is 2.47 bits per heavy atom. The third kappa shape index (κ3) is 3.54. The number of carbonyl (C=O) groups excluding carboxylic acids is 2. The van der Waals surface area contributed by atoms with Crippen LogP contribution in [-0.4, -0.2) is 17.7 Å². The van der Waals surface area contributed by atoms with Gasteiger partial charge in [-0.25, -0.2) is 0 Å². The third-order valence-electron chi connectivity index (χ3n) is 2.08. The van der Waals surface area contributed by atoms with E-state index in [-0.39, 0.29) is 5.91 Å². The monoisotopic (exact) mass is 204 g/mol.